The van der Waals surface area contributed by atoms with E-state index in [1.54, 1.807) is 7.11 Å². The Balaban J connectivity index is 0. The van der Waals surface area contributed by atoms with Gasteiger partial charge >= 0.3 is 0 Å². The molecule has 0 unspecified atom stereocenters. The molecule has 1 aliphatic rings. The highest BCUT2D eigenvalue weighted by atomic mass is 32.2. The maximum absolute atomic E-state index is 5.00. The summed E-state index contributed by atoms with van der Waals surface area (Å²) in [6, 6.07) is 0. The molecule has 14 heavy (non-hydrogen) atoms. The molecule has 1 rings (SSSR count). The molecular formula is C11H27NOS. The van der Waals surface area contributed by atoms with Crippen LogP contribution in [0, 0.1) is 0 Å². The van der Waals surface area contributed by atoms with Crippen LogP contribution >= 0.6 is 11.8 Å². The molecule has 88 valence electrons. The normalized spacial score (nSPS) is 16.1. The summed E-state index contributed by atoms with van der Waals surface area (Å²) in [5.41, 5.74) is 0. The number of methoxy groups -OCH3 is 1. The molecule has 0 aromatic rings. The van der Waals surface area contributed by atoms with Crippen LogP contribution in [0.4, 0.5) is 0 Å². The number of rotatable bonds is 3. The Morgan fingerprint density at radius 2 is 1.57 bits per heavy atom. The summed E-state index contributed by atoms with van der Waals surface area (Å²) in [4.78, 5) is 2.46. The van der Waals surface area contributed by atoms with E-state index in [-0.39, 0.29) is 0 Å². The van der Waals surface area contributed by atoms with E-state index in [2.05, 4.69) is 4.90 Å². The van der Waals surface area contributed by atoms with Crippen LogP contribution in [-0.4, -0.2) is 49.8 Å². The summed E-state index contributed by atoms with van der Waals surface area (Å²) in [5, 5.41) is 0. The molecule has 0 atom stereocenters. The zero-order valence-corrected chi connectivity index (χ0v) is 11.3. The van der Waals surface area contributed by atoms with Crippen molar-refractivity contribution < 1.29 is 4.74 Å². The lowest BCUT2D eigenvalue weighted by atomic mass is 10.5. The molecular weight excluding hydrogens is 194 g/mol. The predicted octanol–water partition coefficient (Wildman–Crippen LogP) is 2.73. The van der Waals surface area contributed by atoms with Gasteiger partial charge in [-0.05, 0) is 0 Å². The Kier molecular flexibility index (Phi) is 18.8. The number of thioether (sulfide) groups is 1. The van der Waals surface area contributed by atoms with E-state index in [0.717, 1.165) is 13.2 Å². The van der Waals surface area contributed by atoms with Crippen LogP contribution in [0.25, 0.3) is 0 Å². The Bertz CT molecular complexity index is 85.4. The zero-order chi connectivity index (χ0) is 11.2. The maximum atomic E-state index is 5.00. The third-order valence-corrected chi connectivity index (χ3v) is 2.66. The molecule has 0 amide bonds. The van der Waals surface area contributed by atoms with Crippen molar-refractivity contribution in [1.29, 1.82) is 0 Å². The van der Waals surface area contributed by atoms with E-state index in [4.69, 9.17) is 4.74 Å². The fourth-order valence-electron chi connectivity index (χ4n) is 1.05. The van der Waals surface area contributed by atoms with E-state index in [9.17, 15) is 0 Å². The summed E-state index contributed by atoms with van der Waals surface area (Å²) in [5.74, 6) is 2.59. The van der Waals surface area contributed by atoms with Gasteiger partial charge in [0, 0.05) is 38.2 Å². The standard InChI is InChI=1S/C7H15NOS.2C2H6/c1-9-5-2-8-3-6-10-7-4-8;2*1-2/h2-7H2,1H3;2*1-2H3. The fraction of sp³-hybridized carbons (Fsp3) is 1.00. The van der Waals surface area contributed by atoms with Gasteiger partial charge in [0.1, 0.15) is 0 Å². The molecule has 3 heteroatoms. The lowest BCUT2D eigenvalue weighted by Crippen LogP contribution is -2.34. The quantitative estimate of drug-likeness (QED) is 0.727. The van der Waals surface area contributed by atoms with E-state index >= 15 is 0 Å². The molecule has 0 radical (unpaired) electrons. The average molecular weight is 221 g/mol. The minimum Gasteiger partial charge on any atom is -0.383 e. The second kappa shape index (κ2) is 15.7. The van der Waals surface area contributed by atoms with Gasteiger partial charge in [-0.3, -0.25) is 4.90 Å². The largest absolute Gasteiger partial charge is 0.383 e. The van der Waals surface area contributed by atoms with Crippen molar-refractivity contribution in [3.05, 3.63) is 0 Å². The van der Waals surface area contributed by atoms with E-state index < -0.39 is 0 Å². The molecule has 0 saturated carbocycles. The Hall–Kier alpha value is 0.270. The second-order valence-electron chi connectivity index (χ2n) is 2.45. The first-order chi connectivity index (χ1) is 6.93. The van der Waals surface area contributed by atoms with Crippen molar-refractivity contribution in [1.82, 2.24) is 4.90 Å². The van der Waals surface area contributed by atoms with Gasteiger partial charge in [-0.2, -0.15) is 11.8 Å². The third kappa shape index (κ3) is 10.4. The molecule has 0 N–H and O–H groups in total. The molecule has 0 aromatic carbocycles. The predicted molar refractivity (Wildman–Crippen MR) is 68.3 cm³/mol. The van der Waals surface area contributed by atoms with Crippen LogP contribution in [0.1, 0.15) is 27.7 Å². The van der Waals surface area contributed by atoms with Crippen LogP contribution in [0.3, 0.4) is 0 Å². The third-order valence-electron chi connectivity index (χ3n) is 1.72. The van der Waals surface area contributed by atoms with Crippen LogP contribution in [-0.2, 0) is 4.74 Å². The summed E-state index contributed by atoms with van der Waals surface area (Å²) in [6.07, 6.45) is 0. The molecule has 1 fully saturated rings. The van der Waals surface area contributed by atoms with Crippen LogP contribution in [0.2, 0.25) is 0 Å². The highest BCUT2D eigenvalue weighted by molar-refractivity contribution is 7.99. The SMILES string of the molecule is CC.CC.COCCN1CCSCC1. The summed E-state index contributed by atoms with van der Waals surface area (Å²) in [6.45, 7) is 12.5. The van der Waals surface area contributed by atoms with Crippen molar-refractivity contribution in [2.45, 2.75) is 27.7 Å². The fourth-order valence-corrected chi connectivity index (χ4v) is 2.02. The monoisotopic (exact) mass is 221 g/mol. The Labute approximate surface area is 94.4 Å². The van der Waals surface area contributed by atoms with Crippen LogP contribution < -0.4 is 0 Å². The zero-order valence-electron chi connectivity index (χ0n) is 10.5. The summed E-state index contributed by atoms with van der Waals surface area (Å²) in [7, 11) is 1.76. The minimum atomic E-state index is 0.880. The second-order valence-corrected chi connectivity index (χ2v) is 3.67. The van der Waals surface area contributed by atoms with Crippen molar-refractivity contribution in [3.63, 3.8) is 0 Å². The molecule has 1 heterocycles. The first-order valence-electron chi connectivity index (χ1n) is 5.72. The van der Waals surface area contributed by atoms with Crippen molar-refractivity contribution in [2.24, 2.45) is 0 Å². The van der Waals surface area contributed by atoms with E-state index in [1.807, 2.05) is 39.5 Å². The van der Waals surface area contributed by atoms with Gasteiger partial charge < -0.3 is 4.74 Å². The van der Waals surface area contributed by atoms with Gasteiger partial charge in [0.15, 0.2) is 0 Å². The molecule has 1 aliphatic heterocycles. The maximum Gasteiger partial charge on any atom is 0.0589 e. The minimum absolute atomic E-state index is 0.880. The van der Waals surface area contributed by atoms with Gasteiger partial charge in [-0.15, -0.1) is 0 Å². The molecule has 1 saturated heterocycles. The Morgan fingerprint density at radius 3 is 2.00 bits per heavy atom. The molecule has 0 bridgehead atoms. The van der Waals surface area contributed by atoms with Crippen molar-refractivity contribution in [3.8, 4) is 0 Å². The van der Waals surface area contributed by atoms with Crippen LogP contribution in [0.15, 0.2) is 0 Å². The molecule has 2 nitrogen and oxygen atoms in total. The molecule has 0 aliphatic carbocycles. The van der Waals surface area contributed by atoms with E-state index in [0.29, 0.717) is 0 Å². The number of nitrogens with zero attached hydrogens (tertiary/aromatic N) is 1. The molecule has 0 aromatic heterocycles. The van der Waals surface area contributed by atoms with E-state index in [1.165, 1.54) is 24.6 Å². The highest BCUT2D eigenvalue weighted by Crippen LogP contribution is 2.07. The first-order valence-corrected chi connectivity index (χ1v) is 6.88. The van der Waals surface area contributed by atoms with Gasteiger partial charge in [0.2, 0.25) is 0 Å². The summed E-state index contributed by atoms with van der Waals surface area (Å²) < 4.78 is 5.00. The van der Waals surface area contributed by atoms with Gasteiger partial charge in [0.05, 0.1) is 6.61 Å². The Morgan fingerprint density at radius 1 is 1.07 bits per heavy atom. The average Bonchev–Trinajstić information content (AvgIpc) is 2.33. The first kappa shape index (κ1) is 16.7. The lowest BCUT2D eigenvalue weighted by molar-refractivity contribution is 0.154. The number of ether oxygens (including phenoxy) is 1. The highest BCUT2D eigenvalue weighted by Gasteiger charge is 2.08. The van der Waals surface area contributed by atoms with Gasteiger partial charge in [-0.25, -0.2) is 0 Å². The molecule has 0 spiro atoms. The van der Waals surface area contributed by atoms with Gasteiger partial charge in [-0.1, -0.05) is 27.7 Å². The number of hydrogen-bond donors (Lipinski definition) is 0. The number of hydrogen-bond acceptors (Lipinski definition) is 3. The van der Waals surface area contributed by atoms with Gasteiger partial charge in [0.25, 0.3) is 0 Å². The smallest absolute Gasteiger partial charge is 0.0589 e. The topological polar surface area (TPSA) is 12.5 Å². The summed E-state index contributed by atoms with van der Waals surface area (Å²) >= 11 is 2.05. The van der Waals surface area contributed by atoms with Crippen molar-refractivity contribution in [2.75, 3.05) is 44.9 Å². The lowest BCUT2D eigenvalue weighted by Gasteiger charge is -2.25. The van der Waals surface area contributed by atoms with Crippen LogP contribution in [0.5, 0.6) is 0 Å². The van der Waals surface area contributed by atoms with Crippen molar-refractivity contribution >= 4 is 11.8 Å².